The van der Waals surface area contributed by atoms with Crippen LogP contribution in [0, 0.1) is 10.1 Å². The van der Waals surface area contributed by atoms with Gasteiger partial charge < -0.3 is 9.47 Å². The Labute approximate surface area is 98.0 Å². The van der Waals surface area contributed by atoms with Gasteiger partial charge in [0.05, 0.1) is 0 Å². The van der Waals surface area contributed by atoms with E-state index < -0.39 is 27.8 Å². The molecule has 1 aliphatic carbocycles. The summed E-state index contributed by atoms with van der Waals surface area (Å²) in [6.45, 7) is 4.63. The lowest BCUT2D eigenvalue weighted by atomic mass is 9.94. The first kappa shape index (κ1) is 11.8. The smallest absolute Gasteiger partial charge is 0.341 e. The van der Waals surface area contributed by atoms with E-state index >= 15 is 0 Å². The lowest BCUT2D eigenvalue weighted by Gasteiger charge is -2.26. The Bertz CT molecular complexity index is 435. The van der Waals surface area contributed by atoms with Gasteiger partial charge in [-0.25, -0.2) is 4.79 Å². The van der Waals surface area contributed by atoms with E-state index in [1.807, 2.05) is 0 Å². The van der Waals surface area contributed by atoms with Gasteiger partial charge in [0.1, 0.15) is 0 Å². The normalized spacial score (nSPS) is 38.4. The Morgan fingerprint density at radius 3 is 2.06 bits per heavy atom. The third-order valence-corrected chi connectivity index (χ3v) is 2.86. The van der Waals surface area contributed by atoms with E-state index in [4.69, 9.17) is 9.47 Å². The molecule has 6 nitrogen and oxygen atoms in total. The lowest BCUT2D eigenvalue weighted by molar-refractivity contribution is -0.536. The van der Waals surface area contributed by atoms with E-state index in [0.29, 0.717) is 0 Å². The van der Waals surface area contributed by atoms with Gasteiger partial charge in [-0.2, -0.15) is 0 Å². The van der Waals surface area contributed by atoms with Gasteiger partial charge in [-0.15, -0.1) is 0 Å². The summed E-state index contributed by atoms with van der Waals surface area (Å²) in [4.78, 5) is 21.9. The maximum Gasteiger partial charge on any atom is 0.341 e. The Morgan fingerprint density at radius 1 is 1.18 bits per heavy atom. The Balaban J connectivity index is 2.28. The van der Waals surface area contributed by atoms with Crippen LogP contribution in [0.25, 0.3) is 0 Å². The van der Waals surface area contributed by atoms with Crippen LogP contribution in [0.15, 0.2) is 24.3 Å². The molecule has 2 rings (SSSR count). The van der Waals surface area contributed by atoms with Gasteiger partial charge in [0, 0.05) is 11.8 Å². The van der Waals surface area contributed by atoms with Gasteiger partial charge in [-0.3, -0.25) is 10.1 Å². The van der Waals surface area contributed by atoms with E-state index in [1.54, 1.807) is 13.8 Å². The second kappa shape index (κ2) is 3.16. The molecular weight excluding hydrogens is 226 g/mol. The Hall–Kier alpha value is -1.69. The van der Waals surface area contributed by atoms with Crippen LogP contribution in [-0.2, 0) is 14.3 Å². The van der Waals surface area contributed by atoms with Crippen LogP contribution in [0.2, 0.25) is 0 Å². The SMILES string of the molecule is CC1(C)OC2(C=CC(C)([N+](=O)[O-])C=C2)OC1=O. The van der Waals surface area contributed by atoms with Crippen molar-refractivity contribution in [2.75, 3.05) is 0 Å². The highest BCUT2D eigenvalue weighted by Gasteiger charge is 2.52. The van der Waals surface area contributed by atoms with Crippen LogP contribution < -0.4 is 0 Å². The van der Waals surface area contributed by atoms with Crippen molar-refractivity contribution in [3.8, 4) is 0 Å². The maximum absolute atomic E-state index is 11.5. The molecule has 1 aliphatic heterocycles. The monoisotopic (exact) mass is 239 g/mol. The molecule has 0 saturated carbocycles. The molecule has 0 radical (unpaired) electrons. The lowest BCUT2D eigenvalue weighted by Crippen LogP contribution is -2.38. The van der Waals surface area contributed by atoms with Gasteiger partial charge in [0.25, 0.3) is 11.3 Å². The molecule has 1 saturated heterocycles. The fourth-order valence-corrected chi connectivity index (χ4v) is 1.67. The average molecular weight is 239 g/mol. The molecule has 92 valence electrons. The molecule has 0 N–H and O–H groups in total. The van der Waals surface area contributed by atoms with Gasteiger partial charge in [-0.1, -0.05) is 0 Å². The zero-order chi connectivity index (χ0) is 12.9. The van der Waals surface area contributed by atoms with Gasteiger partial charge in [0.15, 0.2) is 5.60 Å². The van der Waals surface area contributed by atoms with Crippen LogP contribution in [0.1, 0.15) is 20.8 Å². The van der Waals surface area contributed by atoms with Crippen molar-refractivity contribution in [1.29, 1.82) is 0 Å². The first-order chi connectivity index (χ1) is 7.69. The molecule has 17 heavy (non-hydrogen) atoms. The number of nitrogens with zero attached hydrogens (tertiary/aromatic N) is 1. The number of hydrogen-bond donors (Lipinski definition) is 0. The van der Waals surface area contributed by atoms with Crippen LogP contribution in [-0.4, -0.2) is 27.8 Å². The minimum absolute atomic E-state index is 0.422. The molecule has 0 bridgehead atoms. The number of nitro groups is 1. The van der Waals surface area contributed by atoms with Crippen molar-refractivity contribution >= 4 is 5.97 Å². The number of hydrogen-bond acceptors (Lipinski definition) is 5. The number of carbonyl (C=O) groups excluding carboxylic acids is 1. The summed E-state index contributed by atoms with van der Waals surface area (Å²) in [5.74, 6) is -1.78. The van der Waals surface area contributed by atoms with Crippen molar-refractivity contribution in [2.24, 2.45) is 0 Å². The predicted octanol–water partition coefficient (Wildman–Crippen LogP) is 1.20. The molecule has 0 aromatic heterocycles. The summed E-state index contributed by atoms with van der Waals surface area (Å²) in [6.07, 6.45) is 5.54. The predicted molar refractivity (Wildman–Crippen MR) is 57.7 cm³/mol. The van der Waals surface area contributed by atoms with Crippen molar-refractivity contribution in [2.45, 2.75) is 37.7 Å². The second-order valence-electron chi connectivity index (χ2n) is 4.87. The highest BCUT2D eigenvalue weighted by Crippen LogP contribution is 2.37. The molecular formula is C11H13NO5. The topological polar surface area (TPSA) is 78.7 Å². The minimum atomic E-state index is -1.30. The molecule has 0 atom stereocenters. The highest BCUT2D eigenvalue weighted by molar-refractivity contribution is 5.81. The first-order valence-corrected chi connectivity index (χ1v) is 5.18. The third-order valence-electron chi connectivity index (χ3n) is 2.86. The zero-order valence-corrected chi connectivity index (χ0v) is 9.80. The van der Waals surface area contributed by atoms with E-state index in [1.165, 1.54) is 31.2 Å². The second-order valence-corrected chi connectivity index (χ2v) is 4.87. The molecule has 2 aliphatic rings. The summed E-state index contributed by atoms with van der Waals surface area (Å²) in [5, 5.41) is 10.8. The fourth-order valence-electron chi connectivity index (χ4n) is 1.67. The largest absolute Gasteiger partial charge is 0.423 e. The first-order valence-electron chi connectivity index (χ1n) is 5.18. The van der Waals surface area contributed by atoms with E-state index in [-0.39, 0.29) is 0 Å². The van der Waals surface area contributed by atoms with Crippen molar-refractivity contribution in [3.05, 3.63) is 34.4 Å². The maximum atomic E-state index is 11.5. The van der Waals surface area contributed by atoms with Gasteiger partial charge in [-0.05, 0) is 38.2 Å². The van der Waals surface area contributed by atoms with E-state index in [2.05, 4.69) is 0 Å². The summed E-state index contributed by atoms with van der Waals surface area (Å²) < 4.78 is 10.6. The van der Waals surface area contributed by atoms with E-state index in [9.17, 15) is 14.9 Å². The molecule has 1 spiro atoms. The summed E-state index contributed by atoms with van der Waals surface area (Å²) >= 11 is 0. The van der Waals surface area contributed by atoms with Crippen molar-refractivity contribution in [3.63, 3.8) is 0 Å². The van der Waals surface area contributed by atoms with Crippen LogP contribution in [0.4, 0.5) is 0 Å². The summed E-state index contributed by atoms with van der Waals surface area (Å²) in [7, 11) is 0. The quantitative estimate of drug-likeness (QED) is 0.297. The Kier molecular flexibility index (Phi) is 2.19. The van der Waals surface area contributed by atoms with Crippen molar-refractivity contribution < 1.29 is 19.2 Å². The molecule has 0 amide bonds. The number of rotatable bonds is 1. The van der Waals surface area contributed by atoms with Crippen LogP contribution in [0.3, 0.4) is 0 Å². The van der Waals surface area contributed by atoms with Crippen LogP contribution >= 0.6 is 0 Å². The third kappa shape index (κ3) is 1.74. The summed E-state index contributed by atoms with van der Waals surface area (Å²) in [6, 6.07) is 0. The Morgan fingerprint density at radius 2 is 1.71 bits per heavy atom. The van der Waals surface area contributed by atoms with Gasteiger partial charge >= 0.3 is 5.97 Å². The molecule has 1 fully saturated rings. The standard InChI is InChI=1S/C11H13NO5/c1-9(2)8(13)16-11(17-9)6-4-10(3,5-7-11)12(14)15/h4-7H,1-3H3. The zero-order valence-electron chi connectivity index (χ0n) is 9.80. The number of ether oxygens (including phenoxy) is 2. The van der Waals surface area contributed by atoms with E-state index in [0.717, 1.165) is 0 Å². The highest BCUT2D eigenvalue weighted by atomic mass is 16.8. The van der Waals surface area contributed by atoms with Crippen LogP contribution in [0.5, 0.6) is 0 Å². The molecule has 0 unspecified atom stereocenters. The fraction of sp³-hybridized carbons (Fsp3) is 0.545. The van der Waals surface area contributed by atoms with Gasteiger partial charge in [0.2, 0.25) is 0 Å². The molecule has 0 aromatic rings. The average Bonchev–Trinajstić information content (AvgIpc) is 2.43. The van der Waals surface area contributed by atoms with Crippen molar-refractivity contribution in [1.82, 2.24) is 0 Å². The minimum Gasteiger partial charge on any atom is -0.423 e. The molecule has 0 aromatic carbocycles. The summed E-state index contributed by atoms with van der Waals surface area (Å²) in [5.41, 5.74) is -2.33. The number of carbonyl (C=O) groups is 1. The molecule has 6 heteroatoms. The number of esters is 1. The molecule has 1 heterocycles.